The van der Waals surface area contributed by atoms with Crippen molar-refractivity contribution in [3.05, 3.63) is 59.7 Å². The lowest BCUT2D eigenvalue weighted by atomic mass is 10.1. The van der Waals surface area contributed by atoms with Crippen LogP contribution in [-0.4, -0.2) is 16.0 Å². The van der Waals surface area contributed by atoms with Crippen LogP contribution in [0.15, 0.2) is 53.4 Å². The van der Waals surface area contributed by atoms with E-state index >= 15 is 0 Å². The molecule has 0 fully saturated rings. The topological polar surface area (TPSA) is 29.1 Å². The van der Waals surface area contributed by atoms with E-state index in [0.717, 1.165) is 22.6 Å². The Morgan fingerprint density at radius 2 is 1.81 bits per heavy atom. The van der Waals surface area contributed by atoms with Crippen molar-refractivity contribution in [3.8, 4) is 0 Å². The standard InChI is InChI=1S/C17H20ClNOS/c1-13-7-10-15(11-8-13)21(20)17(18)12-9-14-5-3-4-6-16(14)19-2/h3-8,10-11,17,19H,9,12H2,1-2H3/t17-,21?/m1/s1. The maximum absolute atomic E-state index is 12.4. The van der Waals surface area contributed by atoms with Crippen molar-refractivity contribution in [1.29, 1.82) is 0 Å². The number of rotatable bonds is 6. The summed E-state index contributed by atoms with van der Waals surface area (Å²) < 4.78 is 12.0. The van der Waals surface area contributed by atoms with Crippen LogP contribution in [0.5, 0.6) is 0 Å². The molecule has 0 saturated carbocycles. The molecule has 0 aromatic heterocycles. The molecule has 1 N–H and O–H groups in total. The van der Waals surface area contributed by atoms with Gasteiger partial charge in [0.2, 0.25) is 0 Å². The van der Waals surface area contributed by atoms with Gasteiger partial charge in [-0.25, -0.2) is 0 Å². The fourth-order valence-corrected chi connectivity index (χ4v) is 3.63. The molecule has 112 valence electrons. The smallest absolute Gasteiger partial charge is 0.114 e. The lowest BCUT2D eigenvalue weighted by molar-refractivity contribution is 0.676. The van der Waals surface area contributed by atoms with E-state index in [1.165, 1.54) is 5.56 Å². The summed E-state index contributed by atoms with van der Waals surface area (Å²) in [6.45, 7) is 2.01. The minimum Gasteiger partial charge on any atom is -0.388 e. The molecule has 0 radical (unpaired) electrons. The molecule has 2 atom stereocenters. The number of halogens is 1. The predicted octanol–water partition coefficient (Wildman–Crippen LogP) is 4.34. The average Bonchev–Trinajstić information content (AvgIpc) is 2.52. The number of aryl methyl sites for hydroxylation is 2. The molecule has 0 bridgehead atoms. The highest BCUT2D eigenvalue weighted by Gasteiger charge is 2.16. The van der Waals surface area contributed by atoms with Crippen molar-refractivity contribution in [3.63, 3.8) is 0 Å². The van der Waals surface area contributed by atoms with Gasteiger partial charge >= 0.3 is 0 Å². The van der Waals surface area contributed by atoms with Gasteiger partial charge in [0, 0.05) is 17.6 Å². The highest BCUT2D eigenvalue weighted by Crippen LogP contribution is 2.22. The Balaban J connectivity index is 1.99. The molecule has 0 amide bonds. The number of nitrogens with one attached hydrogen (secondary N) is 1. The maximum Gasteiger partial charge on any atom is 0.114 e. The molecule has 2 rings (SSSR count). The Bertz CT molecular complexity index is 612. The molecule has 2 aromatic carbocycles. The van der Waals surface area contributed by atoms with Crippen molar-refractivity contribution in [2.24, 2.45) is 0 Å². The van der Waals surface area contributed by atoms with Crippen molar-refractivity contribution < 1.29 is 4.21 Å². The van der Waals surface area contributed by atoms with Crippen LogP contribution in [0.4, 0.5) is 5.69 Å². The van der Waals surface area contributed by atoms with Crippen molar-refractivity contribution in [2.75, 3.05) is 12.4 Å². The van der Waals surface area contributed by atoms with Crippen LogP contribution in [-0.2, 0) is 17.2 Å². The molecule has 0 aliphatic rings. The number of alkyl halides is 1. The molecule has 4 heteroatoms. The van der Waals surface area contributed by atoms with E-state index in [-0.39, 0.29) is 4.71 Å². The lowest BCUT2D eigenvalue weighted by Gasteiger charge is -2.12. The summed E-state index contributed by atoms with van der Waals surface area (Å²) in [6, 6.07) is 15.8. The molecule has 0 heterocycles. The van der Waals surface area contributed by atoms with Gasteiger partial charge in [0.15, 0.2) is 0 Å². The summed E-state index contributed by atoms with van der Waals surface area (Å²) in [5.74, 6) is 0. The number of hydrogen-bond donors (Lipinski definition) is 1. The van der Waals surface area contributed by atoms with Gasteiger partial charge in [0.1, 0.15) is 4.71 Å². The van der Waals surface area contributed by atoms with E-state index in [9.17, 15) is 4.21 Å². The number of benzene rings is 2. The van der Waals surface area contributed by atoms with Crippen LogP contribution in [0.2, 0.25) is 0 Å². The van der Waals surface area contributed by atoms with Gasteiger partial charge in [0.25, 0.3) is 0 Å². The minimum atomic E-state index is -1.17. The number of hydrogen-bond acceptors (Lipinski definition) is 2. The SMILES string of the molecule is CNc1ccccc1CC[C@H](Cl)S(=O)c1ccc(C)cc1. The largest absolute Gasteiger partial charge is 0.388 e. The van der Waals surface area contributed by atoms with Crippen molar-refractivity contribution in [2.45, 2.75) is 29.4 Å². The first-order chi connectivity index (χ1) is 10.1. The van der Waals surface area contributed by atoms with Crippen LogP contribution in [0, 0.1) is 6.92 Å². The Morgan fingerprint density at radius 1 is 1.14 bits per heavy atom. The normalized spacial score (nSPS) is 13.7. The van der Waals surface area contributed by atoms with Gasteiger partial charge in [-0.15, -0.1) is 11.6 Å². The van der Waals surface area contributed by atoms with Gasteiger partial charge in [-0.1, -0.05) is 35.9 Å². The Morgan fingerprint density at radius 3 is 2.48 bits per heavy atom. The van der Waals surface area contributed by atoms with E-state index in [4.69, 9.17) is 11.6 Å². The fraction of sp³-hybridized carbons (Fsp3) is 0.294. The Hall–Kier alpha value is -1.32. The van der Waals surface area contributed by atoms with Crippen LogP contribution >= 0.6 is 11.6 Å². The summed E-state index contributed by atoms with van der Waals surface area (Å²) in [4.78, 5) is 0.794. The van der Waals surface area contributed by atoms with Crippen molar-refractivity contribution >= 4 is 28.1 Å². The zero-order chi connectivity index (χ0) is 15.2. The summed E-state index contributed by atoms with van der Waals surface area (Å²) in [7, 11) is 0.731. The van der Waals surface area contributed by atoms with E-state index < -0.39 is 10.8 Å². The second-order valence-electron chi connectivity index (χ2n) is 4.97. The molecular formula is C17H20ClNOS. The van der Waals surface area contributed by atoms with Crippen LogP contribution < -0.4 is 5.32 Å². The summed E-state index contributed by atoms with van der Waals surface area (Å²) >= 11 is 6.33. The summed E-state index contributed by atoms with van der Waals surface area (Å²) in [5.41, 5.74) is 3.46. The molecule has 1 unspecified atom stereocenters. The van der Waals surface area contributed by atoms with E-state index in [1.54, 1.807) is 0 Å². The van der Waals surface area contributed by atoms with Gasteiger partial charge in [-0.3, -0.25) is 4.21 Å². The first-order valence-corrected chi connectivity index (χ1v) is 8.63. The average molecular weight is 322 g/mol. The maximum atomic E-state index is 12.4. The highest BCUT2D eigenvalue weighted by atomic mass is 35.5. The molecule has 21 heavy (non-hydrogen) atoms. The van der Waals surface area contributed by atoms with Gasteiger partial charge in [0.05, 0.1) is 10.8 Å². The molecule has 0 aliphatic carbocycles. The third-order valence-corrected chi connectivity index (χ3v) is 5.55. The monoisotopic (exact) mass is 321 g/mol. The van der Waals surface area contributed by atoms with Gasteiger partial charge < -0.3 is 5.32 Å². The van der Waals surface area contributed by atoms with Gasteiger partial charge in [-0.2, -0.15) is 0 Å². The highest BCUT2D eigenvalue weighted by molar-refractivity contribution is 7.87. The third kappa shape index (κ3) is 4.32. The minimum absolute atomic E-state index is 0.377. The Kier molecular flexibility index (Phi) is 5.83. The van der Waals surface area contributed by atoms with Gasteiger partial charge in [-0.05, 0) is 43.5 Å². The van der Waals surface area contributed by atoms with Crippen LogP contribution in [0.1, 0.15) is 17.5 Å². The molecular weight excluding hydrogens is 302 g/mol. The zero-order valence-corrected chi connectivity index (χ0v) is 13.9. The summed E-state index contributed by atoms with van der Waals surface area (Å²) in [6.07, 6.45) is 1.49. The van der Waals surface area contributed by atoms with E-state index in [2.05, 4.69) is 11.4 Å². The van der Waals surface area contributed by atoms with E-state index in [1.807, 2.05) is 56.4 Å². The summed E-state index contributed by atoms with van der Waals surface area (Å²) in [5, 5.41) is 3.17. The fourth-order valence-electron chi connectivity index (χ4n) is 2.18. The third-order valence-electron chi connectivity index (χ3n) is 3.41. The molecule has 0 aliphatic heterocycles. The van der Waals surface area contributed by atoms with Crippen LogP contribution in [0.3, 0.4) is 0 Å². The molecule has 2 aromatic rings. The first-order valence-electron chi connectivity index (χ1n) is 6.99. The second kappa shape index (κ2) is 7.62. The van der Waals surface area contributed by atoms with Crippen molar-refractivity contribution in [1.82, 2.24) is 0 Å². The quantitative estimate of drug-likeness (QED) is 0.802. The van der Waals surface area contributed by atoms with E-state index in [0.29, 0.717) is 6.42 Å². The lowest BCUT2D eigenvalue weighted by Crippen LogP contribution is -2.10. The molecule has 0 spiro atoms. The number of anilines is 1. The van der Waals surface area contributed by atoms with Crippen LogP contribution in [0.25, 0.3) is 0 Å². The molecule has 2 nitrogen and oxygen atoms in total. The number of para-hydroxylation sites is 1. The Labute approximate surface area is 134 Å². The second-order valence-corrected chi connectivity index (χ2v) is 7.39. The predicted molar refractivity (Wildman–Crippen MR) is 91.5 cm³/mol. The first kappa shape index (κ1) is 16.1. The zero-order valence-electron chi connectivity index (χ0n) is 12.3. The molecule has 0 saturated heterocycles.